The third-order valence-corrected chi connectivity index (χ3v) is 6.42. The molecule has 0 aliphatic heterocycles. The first-order valence-electron chi connectivity index (χ1n) is 9.30. The number of nitrogens with one attached hydrogen (secondary N) is 1. The van der Waals surface area contributed by atoms with Crippen LogP contribution in [0.15, 0.2) is 42.0 Å². The predicted octanol–water partition coefficient (Wildman–Crippen LogP) is 5.58. The average Bonchev–Trinajstić information content (AvgIpc) is 3.24. The fraction of sp³-hybridized carbons (Fsp3) is 0.333. The lowest BCUT2D eigenvalue weighted by molar-refractivity contribution is 0.0958. The van der Waals surface area contributed by atoms with Crippen LogP contribution < -0.4 is 5.32 Å². The van der Waals surface area contributed by atoms with Crippen LogP contribution in [0.3, 0.4) is 0 Å². The Hall–Kier alpha value is -2.11. The highest BCUT2D eigenvalue weighted by Crippen LogP contribution is 2.34. The lowest BCUT2D eigenvalue weighted by Crippen LogP contribution is -2.24. The van der Waals surface area contributed by atoms with Crippen LogP contribution >= 0.6 is 22.9 Å². The summed E-state index contributed by atoms with van der Waals surface area (Å²) in [6, 6.07) is 9.58. The number of nitrogens with zero attached hydrogens (tertiary/aromatic N) is 2. The molecule has 0 bridgehead atoms. The molecular weight excluding hydrogens is 378 g/mol. The van der Waals surface area contributed by atoms with Crippen LogP contribution in [0.4, 0.5) is 0 Å². The number of aromatic nitrogens is 2. The van der Waals surface area contributed by atoms with Crippen molar-refractivity contribution in [1.29, 1.82) is 0 Å². The van der Waals surface area contributed by atoms with Gasteiger partial charge >= 0.3 is 0 Å². The Labute approximate surface area is 167 Å². The van der Waals surface area contributed by atoms with E-state index in [0.717, 1.165) is 32.8 Å². The molecule has 0 fully saturated rings. The molecule has 2 aromatic heterocycles. The van der Waals surface area contributed by atoms with Crippen molar-refractivity contribution in [1.82, 2.24) is 15.1 Å². The Balaban J connectivity index is 1.51. The number of benzene rings is 1. The van der Waals surface area contributed by atoms with Gasteiger partial charge in [-0.3, -0.25) is 9.48 Å². The van der Waals surface area contributed by atoms with Gasteiger partial charge in [-0.05, 0) is 50.3 Å². The number of rotatable bonds is 5. The number of aryl methyl sites for hydroxylation is 1. The summed E-state index contributed by atoms with van der Waals surface area (Å²) in [4.78, 5) is 14.3. The summed E-state index contributed by atoms with van der Waals surface area (Å²) in [5.41, 5.74) is 3.36. The average molecular weight is 400 g/mol. The van der Waals surface area contributed by atoms with Gasteiger partial charge < -0.3 is 5.32 Å². The smallest absolute Gasteiger partial charge is 0.261 e. The molecule has 3 aromatic rings. The number of amides is 1. The molecule has 1 N–H and O–H groups in total. The zero-order chi connectivity index (χ0) is 18.8. The fourth-order valence-corrected chi connectivity index (χ4v) is 4.64. The van der Waals surface area contributed by atoms with Crippen molar-refractivity contribution in [2.45, 2.75) is 32.1 Å². The normalized spacial score (nSPS) is 14.4. The summed E-state index contributed by atoms with van der Waals surface area (Å²) in [5, 5.41) is 9.39. The minimum absolute atomic E-state index is 0.00494. The Morgan fingerprint density at radius 3 is 2.85 bits per heavy atom. The molecule has 0 radical (unpaired) electrons. The molecule has 1 aliphatic carbocycles. The van der Waals surface area contributed by atoms with Crippen molar-refractivity contribution < 1.29 is 4.79 Å². The molecule has 2 heterocycles. The lowest BCUT2D eigenvalue weighted by atomic mass is 9.97. The van der Waals surface area contributed by atoms with Crippen molar-refractivity contribution in [3.8, 4) is 11.3 Å². The number of thiophene rings is 1. The maximum absolute atomic E-state index is 12.6. The van der Waals surface area contributed by atoms with Gasteiger partial charge in [0.1, 0.15) is 10.5 Å². The predicted molar refractivity (Wildman–Crippen MR) is 113 cm³/mol. The fourth-order valence-electron chi connectivity index (χ4n) is 3.53. The molecule has 4 rings (SSSR count). The van der Waals surface area contributed by atoms with Crippen LogP contribution in [0.25, 0.3) is 21.5 Å². The Morgan fingerprint density at radius 2 is 2.11 bits per heavy atom. The minimum Gasteiger partial charge on any atom is -0.351 e. The minimum atomic E-state index is -0.00494. The molecule has 0 unspecified atom stereocenters. The summed E-state index contributed by atoms with van der Waals surface area (Å²) < 4.78 is 1.84. The number of carbonyl (C=O) groups is 1. The van der Waals surface area contributed by atoms with Crippen LogP contribution in [0.5, 0.6) is 0 Å². The molecule has 1 aromatic carbocycles. The number of carbonyl (C=O) groups excluding carboxylic acids is 1. The lowest BCUT2D eigenvalue weighted by Gasteiger charge is -2.12. The van der Waals surface area contributed by atoms with Gasteiger partial charge in [-0.25, -0.2) is 0 Å². The first-order valence-corrected chi connectivity index (χ1v) is 10.5. The highest BCUT2D eigenvalue weighted by Gasteiger charge is 2.18. The van der Waals surface area contributed by atoms with E-state index in [-0.39, 0.29) is 5.91 Å². The van der Waals surface area contributed by atoms with Crippen molar-refractivity contribution >= 4 is 39.1 Å². The second kappa shape index (κ2) is 7.87. The number of fused-ring (bicyclic) bond motifs is 1. The largest absolute Gasteiger partial charge is 0.351 e. The number of allylic oxidation sites excluding steroid dienone is 1. The maximum atomic E-state index is 12.6. The molecule has 1 aliphatic rings. The zero-order valence-corrected chi connectivity index (χ0v) is 16.9. The van der Waals surface area contributed by atoms with E-state index in [4.69, 9.17) is 11.6 Å². The van der Waals surface area contributed by atoms with Crippen molar-refractivity contribution in [3.63, 3.8) is 0 Å². The highest BCUT2D eigenvalue weighted by atomic mass is 35.5. The summed E-state index contributed by atoms with van der Waals surface area (Å²) in [6.07, 6.45) is 8.21. The van der Waals surface area contributed by atoms with E-state index >= 15 is 0 Å². The van der Waals surface area contributed by atoms with E-state index in [2.05, 4.69) is 16.5 Å². The van der Waals surface area contributed by atoms with Gasteiger partial charge in [0, 0.05) is 29.6 Å². The van der Waals surface area contributed by atoms with Gasteiger partial charge in [0.05, 0.1) is 4.88 Å². The van der Waals surface area contributed by atoms with Gasteiger partial charge in [-0.2, -0.15) is 5.10 Å². The molecule has 0 saturated carbocycles. The highest BCUT2D eigenvalue weighted by molar-refractivity contribution is 7.20. The second-order valence-electron chi connectivity index (χ2n) is 6.92. The van der Waals surface area contributed by atoms with E-state index < -0.39 is 0 Å². The molecule has 0 saturated heterocycles. The molecule has 4 nitrogen and oxygen atoms in total. The molecule has 140 valence electrons. The first-order chi connectivity index (χ1) is 13.1. The Bertz CT molecular complexity index is 1000. The van der Waals surface area contributed by atoms with Crippen LogP contribution in [0.2, 0.25) is 5.02 Å². The second-order valence-corrected chi connectivity index (χ2v) is 8.39. The van der Waals surface area contributed by atoms with Crippen molar-refractivity contribution in [3.05, 3.63) is 51.9 Å². The van der Waals surface area contributed by atoms with Crippen LogP contribution in [-0.4, -0.2) is 22.2 Å². The van der Waals surface area contributed by atoms with Crippen LogP contribution in [-0.2, 0) is 7.05 Å². The van der Waals surface area contributed by atoms with Gasteiger partial charge in [0.25, 0.3) is 5.91 Å². The molecule has 6 heteroatoms. The SMILES string of the molecule is Cn1nc(-c2ccc(Cl)cc2)c2cc(C(=O)NCCC3=CCCCC3)sc21. The Kier molecular flexibility index (Phi) is 5.32. The maximum Gasteiger partial charge on any atom is 0.261 e. The topological polar surface area (TPSA) is 46.9 Å². The molecule has 0 atom stereocenters. The number of halogens is 1. The van der Waals surface area contributed by atoms with E-state index in [1.165, 1.54) is 42.6 Å². The summed E-state index contributed by atoms with van der Waals surface area (Å²) in [7, 11) is 1.91. The van der Waals surface area contributed by atoms with E-state index in [1.54, 1.807) is 0 Å². The molecule has 1 amide bonds. The summed E-state index contributed by atoms with van der Waals surface area (Å²) in [6.45, 7) is 0.696. The third kappa shape index (κ3) is 3.94. The molecule has 27 heavy (non-hydrogen) atoms. The van der Waals surface area contributed by atoms with E-state index in [9.17, 15) is 4.79 Å². The van der Waals surface area contributed by atoms with Gasteiger partial charge in [0.2, 0.25) is 0 Å². The van der Waals surface area contributed by atoms with Crippen LogP contribution in [0, 0.1) is 0 Å². The summed E-state index contributed by atoms with van der Waals surface area (Å²) in [5.74, 6) is -0.00494. The van der Waals surface area contributed by atoms with Gasteiger partial charge in [-0.1, -0.05) is 35.4 Å². The van der Waals surface area contributed by atoms with Gasteiger partial charge in [0.15, 0.2) is 0 Å². The Morgan fingerprint density at radius 1 is 1.30 bits per heavy atom. The third-order valence-electron chi connectivity index (χ3n) is 4.97. The monoisotopic (exact) mass is 399 g/mol. The van der Waals surface area contributed by atoms with E-state index in [1.807, 2.05) is 42.1 Å². The first kappa shape index (κ1) is 18.3. The van der Waals surface area contributed by atoms with Gasteiger partial charge in [-0.15, -0.1) is 11.3 Å². The number of hydrogen-bond acceptors (Lipinski definition) is 3. The standard InChI is InChI=1S/C21H22ClN3OS/c1-25-21-17(19(24-25)15-7-9-16(22)10-8-15)13-18(27-21)20(26)23-12-11-14-5-3-2-4-6-14/h5,7-10,13H,2-4,6,11-12H2,1H3,(H,23,26). The summed E-state index contributed by atoms with van der Waals surface area (Å²) >= 11 is 7.48. The van der Waals surface area contributed by atoms with Crippen LogP contribution in [0.1, 0.15) is 41.8 Å². The van der Waals surface area contributed by atoms with E-state index in [0.29, 0.717) is 11.6 Å². The van der Waals surface area contributed by atoms with Crippen molar-refractivity contribution in [2.24, 2.45) is 7.05 Å². The molecular formula is C21H22ClN3OS. The van der Waals surface area contributed by atoms with Crippen molar-refractivity contribution in [2.75, 3.05) is 6.54 Å². The zero-order valence-electron chi connectivity index (χ0n) is 15.3. The molecule has 0 spiro atoms. The number of hydrogen-bond donors (Lipinski definition) is 1. The quantitative estimate of drug-likeness (QED) is 0.569.